The summed E-state index contributed by atoms with van der Waals surface area (Å²) in [6, 6.07) is 0. The number of rotatable bonds is 3. The summed E-state index contributed by atoms with van der Waals surface area (Å²) in [5.41, 5.74) is 1.16. The Bertz CT molecular complexity index is 447. The van der Waals surface area contributed by atoms with Crippen LogP contribution in [0.5, 0.6) is 0 Å². The minimum Gasteiger partial charge on any atom is -0.298 e. The van der Waals surface area contributed by atoms with Crippen LogP contribution in [0.1, 0.15) is 44.1 Å². The number of halogens is 1. The van der Waals surface area contributed by atoms with Crippen LogP contribution in [0.25, 0.3) is 0 Å². The molecule has 1 aliphatic carbocycles. The van der Waals surface area contributed by atoms with E-state index in [1.165, 1.54) is 38.5 Å². The van der Waals surface area contributed by atoms with Crippen molar-refractivity contribution in [3.63, 3.8) is 0 Å². The molecule has 0 atom stereocenters. The first kappa shape index (κ1) is 13.8. The zero-order chi connectivity index (χ0) is 13.0. The predicted molar refractivity (Wildman–Crippen MR) is 77.2 cm³/mol. The normalized spacial score (nSPS) is 19.4. The van der Waals surface area contributed by atoms with E-state index in [0.29, 0.717) is 0 Å². The summed E-state index contributed by atoms with van der Waals surface area (Å²) in [6.45, 7) is 2.78. The van der Waals surface area contributed by atoms with Gasteiger partial charge in [0.25, 0.3) is 0 Å². The van der Waals surface area contributed by atoms with Crippen LogP contribution in [0.2, 0.25) is 0 Å². The Balaban J connectivity index is 2.23. The molecule has 4 heteroatoms. The van der Waals surface area contributed by atoms with Crippen molar-refractivity contribution in [3.05, 3.63) is 28.4 Å². The Morgan fingerprint density at radius 2 is 2.00 bits per heavy atom. The lowest BCUT2D eigenvalue weighted by Crippen LogP contribution is -2.34. The summed E-state index contributed by atoms with van der Waals surface area (Å²) in [5.74, 6) is 0. The highest BCUT2D eigenvalue weighted by molar-refractivity contribution is 9.09. The lowest BCUT2D eigenvalue weighted by molar-refractivity contribution is 0.238. The number of hydrogen-bond donors (Lipinski definition) is 0. The fraction of sp³-hybridized carbons (Fsp3) is 0.714. The van der Waals surface area contributed by atoms with Gasteiger partial charge >= 0.3 is 5.69 Å². The smallest absolute Gasteiger partial charge is 0.298 e. The number of aryl methyl sites for hydroxylation is 1. The van der Waals surface area contributed by atoms with Crippen LogP contribution in [-0.4, -0.2) is 14.9 Å². The highest BCUT2D eigenvalue weighted by Gasteiger charge is 2.30. The molecule has 2 rings (SSSR count). The third-order valence-electron chi connectivity index (χ3n) is 3.94. The Hall–Kier alpha value is -0.640. The van der Waals surface area contributed by atoms with E-state index in [-0.39, 0.29) is 11.1 Å². The zero-order valence-electron chi connectivity index (χ0n) is 11.0. The van der Waals surface area contributed by atoms with Crippen molar-refractivity contribution in [1.29, 1.82) is 0 Å². The maximum atomic E-state index is 11.8. The molecule has 0 aromatic carbocycles. The van der Waals surface area contributed by atoms with Crippen LogP contribution in [0, 0.1) is 12.3 Å². The molecule has 18 heavy (non-hydrogen) atoms. The molecule has 1 aromatic heterocycles. The van der Waals surface area contributed by atoms with Gasteiger partial charge in [0.15, 0.2) is 0 Å². The SMILES string of the molecule is Cc1cnc(=O)n(CC2(CBr)CCCCCC2)c1. The monoisotopic (exact) mass is 312 g/mol. The van der Waals surface area contributed by atoms with E-state index in [0.717, 1.165) is 17.4 Å². The van der Waals surface area contributed by atoms with Crippen LogP contribution in [0.15, 0.2) is 17.2 Å². The summed E-state index contributed by atoms with van der Waals surface area (Å²) >= 11 is 3.67. The van der Waals surface area contributed by atoms with Gasteiger partial charge < -0.3 is 0 Å². The lowest BCUT2D eigenvalue weighted by atomic mass is 9.82. The molecule has 0 radical (unpaired) electrons. The van der Waals surface area contributed by atoms with E-state index < -0.39 is 0 Å². The highest BCUT2D eigenvalue weighted by Crippen LogP contribution is 2.37. The van der Waals surface area contributed by atoms with Gasteiger partial charge in [-0.1, -0.05) is 41.6 Å². The highest BCUT2D eigenvalue weighted by atomic mass is 79.9. The first-order valence-corrected chi connectivity index (χ1v) is 7.86. The van der Waals surface area contributed by atoms with E-state index in [1.807, 2.05) is 13.1 Å². The quantitative estimate of drug-likeness (QED) is 0.634. The minimum absolute atomic E-state index is 0.120. The summed E-state index contributed by atoms with van der Waals surface area (Å²) in [4.78, 5) is 15.8. The average Bonchev–Trinajstić information content (AvgIpc) is 2.60. The third kappa shape index (κ3) is 3.22. The molecule has 1 heterocycles. The lowest BCUT2D eigenvalue weighted by Gasteiger charge is -2.31. The van der Waals surface area contributed by atoms with Gasteiger partial charge in [0.05, 0.1) is 0 Å². The molecule has 0 saturated heterocycles. The molecule has 0 N–H and O–H groups in total. The van der Waals surface area contributed by atoms with Crippen molar-refractivity contribution in [2.75, 3.05) is 5.33 Å². The molecular weight excluding hydrogens is 292 g/mol. The number of aromatic nitrogens is 2. The molecular formula is C14H21BrN2O. The van der Waals surface area contributed by atoms with Crippen LogP contribution in [-0.2, 0) is 6.54 Å². The summed E-state index contributed by atoms with van der Waals surface area (Å²) < 4.78 is 1.79. The van der Waals surface area contributed by atoms with Gasteiger partial charge in [-0.05, 0) is 30.7 Å². The van der Waals surface area contributed by atoms with Crippen molar-refractivity contribution >= 4 is 15.9 Å². The average molecular weight is 313 g/mol. The van der Waals surface area contributed by atoms with E-state index in [4.69, 9.17) is 0 Å². The van der Waals surface area contributed by atoms with Gasteiger partial charge in [0.2, 0.25) is 0 Å². The Kier molecular flexibility index (Phi) is 4.60. The van der Waals surface area contributed by atoms with Crippen molar-refractivity contribution in [2.24, 2.45) is 5.41 Å². The molecule has 100 valence electrons. The molecule has 0 amide bonds. The Labute approximate surface area is 117 Å². The topological polar surface area (TPSA) is 34.9 Å². The molecule has 1 aromatic rings. The summed E-state index contributed by atoms with van der Waals surface area (Å²) in [7, 11) is 0. The molecule has 0 unspecified atom stereocenters. The third-order valence-corrected chi connectivity index (χ3v) is 5.13. The molecule has 0 spiro atoms. The van der Waals surface area contributed by atoms with E-state index in [1.54, 1.807) is 10.8 Å². The first-order chi connectivity index (χ1) is 8.65. The molecule has 1 fully saturated rings. The standard InChI is InChI=1S/C14H21BrN2O/c1-12-8-16-13(18)17(9-12)11-14(10-15)6-4-2-3-5-7-14/h8-9H,2-7,10-11H2,1H3. The van der Waals surface area contributed by atoms with Gasteiger partial charge in [-0.25, -0.2) is 9.78 Å². The van der Waals surface area contributed by atoms with Crippen molar-refractivity contribution in [1.82, 2.24) is 9.55 Å². The van der Waals surface area contributed by atoms with Crippen LogP contribution in [0.4, 0.5) is 0 Å². The van der Waals surface area contributed by atoms with Crippen LogP contribution in [0.3, 0.4) is 0 Å². The van der Waals surface area contributed by atoms with E-state index in [2.05, 4.69) is 20.9 Å². The predicted octanol–water partition coefficient (Wildman–Crippen LogP) is 3.29. The fourth-order valence-electron chi connectivity index (χ4n) is 2.85. The molecule has 0 bridgehead atoms. The summed E-state index contributed by atoms with van der Waals surface area (Å²) in [6.07, 6.45) is 11.2. The van der Waals surface area contributed by atoms with E-state index >= 15 is 0 Å². The fourth-order valence-corrected chi connectivity index (χ4v) is 3.59. The van der Waals surface area contributed by atoms with Crippen LogP contribution >= 0.6 is 15.9 Å². The Morgan fingerprint density at radius 1 is 1.33 bits per heavy atom. The second-order valence-corrected chi connectivity index (χ2v) is 6.15. The number of nitrogens with zero attached hydrogens (tertiary/aromatic N) is 2. The first-order valence-electron chi connectivity index (χ1n) is 6.74. The van der Waals surface area contributed by atoms with Gasteiger partial charge in [0, 0.05) is 24.3 Å². The zero-order valence-corrected chi connectivity index (χ0v) is 12.6. The second kappa shape index (κ2) is 6.00. The minimum atomic E-state index is -0.120. The molecule has 1 saturated carbocycles. The number of alkyl halides is 1. The van der Waals surface area contributed by atoms with Gasteiger partial charge in [0.1, 0.15) is 0 Å². The maximum absolute atomic E-state index is 11.8. The van der Waals surface area contributed by atoms with Gasteiger partial charge in [-0.3, -0.25) is 4.57 Å². The van der Waals surface area contributed by atoms with Crippen molar-refractivity contribution in [2.45, 2.75) is 52.0 Å². The maximum Gasteiger partial charge on any atom is 0.347 e. The molecule has 1 aliphatic rings. The summed E-state index contributed by atoms with van der Waals surface area (Å²) in [5, 5.41) is 0.973. The van der Waals surface area contributed by atoms with Crippen molar-refractivity contribution < 1.29 is 0 Å². The molecule has 3 nitrogen and oxygen atoms in total. The second-order valence-electron chi connectivity index (χ2n) is 5.59. The van der Waals surface area contributed by atoms with E-state index in [9.17, 15) is 4.79 Å². The van der Waals surface area contributed by atoms with Crippen molar-refractivity contribution in [3.8, 4) is 0 Å². The van der Waals surface area contributed by atoms with Gasteiger partial charge in [-0.2, -0.15) is 0 Å². The van der Waals surface area contributed by atoms with Crippen LogP contribution < -0.4 is 5.69 Å². The molecule has 0 aliphatic heterocycles. The largest absolute Gasteiger partial charge is 0.347 e. The van der Waals surface area contributed by atoms with Gasteiger partial charge in [-0.15, -0.1) is 0 Å². The number of hydrogen-bond acceptors (Lipinski definition) is 2. The Morgan fingerprint density at radius 3 is 2.61 bits per heavy atom.